The average Bonchev–Trinajstić information content (AvgIpc) is 2.82. The minimum atomic E-state index is -0.893. The van der Waals surface area contributed by atoms with Crippen LogP contribution >= 0.6 is 0 Å². The number of aliphatic carboxylic acids is 3. The zero-order valence-electron chi connectivity index (χ0n) is 25.0. The van der Waals surface area contributed by atoms with Crippen LogP contribution in [0.2, 0.25) is 10.6 Å². The summed E-state index contributed by atoms with van der Waals surface area (Å²) < 4.78 is 0. The predicted molar refractivity (Wildman–Crippen MR) is 149 cm³/mol. The van der Waals surface area contributed by atoms with E-state index in [0.29, 0.717) is 19.3 Å². The number of hydrogen-bond acceptors (Lipinski definition) is 6. The Hall–Kier alpha value is 1.18. The maximum atomic E-state index is 10.3. The minimum absolute atomic E-state index is 0. The Labute approximate surface area is 292 Å². The third kappa shape index (κ3) is 44.2. The number of carboxylic acids is 3. The van der Waals surface area contributed by atoms with E-state index >= 15 is 0 Å². The molecule has 0 spiro atoms. The van der Waals surface area contributed by atoms with Crippen molar-refractivity contribution in [3.63, 3.8) is 0 Å². The molecule has 0 aromatic rings. The molecule has 3 unspecified atom stereocenters. The summed E-state index contributed by atoms with van der Waals surface area (Å²) in [5.41, 5.74) is 0. The van der Waals surface area contributed by atoms with Crippen LogP contribution in [0.4, 0.5) is 0 Å². The molecular formula is C28H56AlClLiNdO6. The Morgan fingerprint density at radius 1 is 0.553 bits per heavy atom. The number of halogens is 1. The molecule has 0 rings (SSSR count). The molecule has 0 aliphatic rings. The summed E-state index contributed by atoms with van der Waals surface area (Å²) in [5.74, 6) is -3.34. The fourth-order valence-electron chi connectivity index (χ4n) is 3.11. The van der Waals surface area contributed by atoms with Gasteiger partial charge in [0.05, 0.1) is 0 Å². The van der Waals surface area contributed by atoms with Crippen molar-refractivity contribution in [2.24, 2.45) is 17.8 Å². The van der Waals surface area contributed by atoms with E-state index in [-0.39, 0.29) is 89.9 Å². The monoisotopic (exact) mass is 699 g/mol. The Morgan fingerprint density at radius 3 is 0.842 bits per heavy atom. The van der Waals surface area contributed by atoms with Gasteiger partial charge >= 0.3 is 99.3 Å². The zero-order chi connectivity index (χ0) is 28.1. The van der Waals surface area contributed by atoms with E-state index in [2.05, 4.69) is 34.6 Å². The van der Waals surface area contributed by atoms with Crippen molar-refractivity contribution < 1.29 is 82.9 Å². The maximum Gasteiger partial charge on any atom is 3.00 e. The number of hydrogen-bond donors (Lipinski definition) is 0. The molecule has 0 fully saturated rings. The molecule has 0 bridgehead atoms. The van der Waals surface area contributed by atoms with E-state index in [9.17, 15) is 29.7 Å². The van der Waals surface area contributed by atoms with Gasteiger partial charge in [0.1, 0.15) is 0 Å². The second-order valence-corrected chi connectivity index (χ2v) is 11.0. The number of carbonyl (C=O) groups is 3. The maximum absolute atomic E-state index is 10.3. The molecule has 0 aromatic heterocycles. The third-order valence-corrected chi connectivity index (χ3v) is 6.93. The second kappa shape index (κ2) is 45.2. The quantitative estimate of drug-likeness (QED) is 0.207. The van der Waals surface area contributed by atoms with E-state index in [1.807, 2.05) is 20.8 Å². The van der Waals surface area contributed by atoms with E-state index in [4.69, 9.17) is 0 Å². The van der Waals surface area contributed by atoms with Gasteiger partial charge in [-0.15, -0.1) is 0 Å². The molecule has 0 aliphatic carbocycles. The van der Waals surface area contributed by atoms with Crippen LogP contribution in [0, 0.1) is 58.6 Å². The molecule has 219 valence electrons. The van der Waals surface area contributed by atoms with Crippen LogP contribution in [-0.4, -0.2) is 52.0 Å². The Balaban J connectivity index is -0.0000000673. The van der Waals surface area contributed by atoms with Crippen molar-refractivity contribution in [2.45, 2.75) is 143 Å². The SMILES string of the molecule is CCCCC(CC)C(=O)[O-].CCCCC(CC)C(=O)[O-].CCCCC(CC)C(=O)[O-].C[CH2][Al+][CH2]C.[Cl-].[LiH].[Nd+3]. The Kier molecular flexibility index (Phi) is 65.6. The smallest absolute Gasteiger partial charge is 3.00 e. The van der Waals surface area contributed by atoms with Gasteiger partial charge < -0.3 is 42.1 Å². The first-order valence-electron chi connectivity index (χ1n) is 14.0. The first-order chi connectivity index (χ1) is 16.6. The van der Waals surface area contributed by atoms with Gasteiger partial charge in [0.25, 0.3) is 0 Å². The normalized spacial score (nSPS) is 11.2. The topological polar surface area (TPSA) is 120 Å². The van der Waals surface area contributed by atoms with Crippen LogP contribution in [0.3, 0.4) is 0 Å². The summed E-state index contributed by atoms with van der Waals surface area (Å²) >= 11 is 0.815. The number of carboxylic acid groups (broad SMARTS) is 3. The van der Waals surface area contributed by atoms with E-state index in [1.54, 1.807) is 0 Å². The second-order valence-electron chi connectivity index (χ2n) is 8.80. The number of rotatable bonds is 17. The fourth-order valence-corrected chi connectivity index (χ4v) is 3.68. The molecule has 0 aromatic carbocycles. The summed E-state index contributed by atoms with van der Waals surface area (Å²) in [6, 6.07) is 0. The molecule has 6 nitrogen and oxygen atoms in total. The van der Waals surface area contributed by atoms with Crippen molar-refractivity contribution in [3.8, 4) is 0 Å². The number of carbonyl (C=O) groups excluding carboxylic acids is 3. The van der Waals surface area contributed by atoms with E-state index in [1.165, 1.54) is 10.6 Å². The fraction of sp³-hybridized carbons (Fsp3) is 0.893. The van der Waals surface area contributed by atoms with E-state index < -0.39 is 17.9 Å². The first-order valence-corrected chi connectivity index (χ1v) is 15.6. The zero-order valence-corrected chi connectivity index (χ0v) is 30.2. The summed E-state index contributed by atoms with van der Waals surface area (Å²) in [7, 11) is 0. The summed E-state index contributed by atoms with van der Waals surface area (Å²) in [6.45, 7) is 16.3. The molecular weight excluding hydrogens is 646 g/mol. The molecule has 38 heavy (non-hydrogen) atoms. The average molecular weight is 702 g/mol. The Bertz CT molecular complexity index is 426. The van der Waals surface area contributed by atoms with Crippen molar-refractivity contribution >= 4 is 52.0 Å². The van der Waals surface area contributed by atoms with Gasteiger partial charge in [0.15, 0.2) is 0 Å². The van der Waals surface area contributed by atoms with Gasteiger partial charge in [-0.05, 0) is 56.3 Å². The molecule has 0 heterocycles. The van der Waals surface area contributed by atoms with Crippen LogP contribution in [0.25, 0.3) is 0 Å². The van der Waals surface area contributed by atoms with Crippen LogP contribution in [0.15, 0.2) is 0 Å². The molecule has 0 aliphatic heterocycles. The van der Waals surface area contributed by atoms with Crippen LogP contribution in [0.5, 0.6) is 0 Å². The molecule has 0 saturated heterocycles. The molecule has 10 heteroatoms. The standard InChI is InChI=1S/3C8H16O2.2C2H5.Al.ClH.Li.Nd.H/c3*1-3-5-6-7(4-2)8(9)10;2*1-2;;;;;/h3*7H,3-6H2,1-2H3,(H,9,10);2*1H2,2H3;;1H;;;/q;;;;;+1;;;+3;/p-4. The summed E-state index contributed by atoms with van der Waals surface area (Å²) in [4.78, 5) is 31.0. The van der Waals surface area contributed by atoms with Gasteiger partial charge in [-0.25, -0.2) is 0 Å². The van der Waals surface area contributed by atoms with Gasteiger partial charge in [0.2, 0.25) is 0 Å². The molecule has 3 atom stereocenters. The van der Waals surface area contributed by atoms with Crippen LogP contribution < -0.4 is 27.7 Å². The Morgan fingerprint density at radius 2 is 0.763 bits per heavy atom. The van der Waals surface area contributed by atoms with E-state index in [0.717, 1.165) is 73.0 Å². The largest absolute Gasteiger partial charge is 3.00 e. The van der Waals surface area contributed by atoms with Gasteiger partial charge in [-0.3, -0.25) is 0 Å². The third-order valence-electron chi connectivity index (χ3n) is 5.77. The van der Waals surface area contributed by atoms with Crippen molar-refractivity contribution in [1.29, 1.82) is 0 Å². The van der Waals surface area contributed by atoms with Crippen LogP contribution in [-0.2, 0) is 14.4 Å². The molecule has 0 N–H and O–H groups in total. The number of unbranched alkanes of at least 4 members (excludes halogenated alkanes) is 3. The summed E-state index contributed by atoms with van der Waals surface area (Å²) in [6.07, 6.45) is 10.6. The van der Waals surface area contributed by atoms with Crippen molar-refractivity contribution in [1.82, 2.24) is 0 Å². The summed E-state index contributed by atoms with van der Waals surface area (Å²) in [5, 5.41) is 33.8. The minimum Gasteiger partial charge on any atom is 3.00 e. The predicted octanol–water partition coefficient (Wildman–Crippen LogP) is 0.781. The molecule has 0 amide bonds. The van der Waals surface area contributed by atoms with Gasteiger partial charge in [0, 0.05) is 17.9 Å². The van der Waals surface area contributed by atoms with Gasteiger partial charge in [-0.2, -0.15) is 0 Å². The molecule has 0 saturated carbocycles. The van der Waals surface area contributed by atoms with Crippen molar-refractivity contribution in [2.75, 3.05) is 0 Å². The van der Waals surface area contributed by atoms with Crippen LogP contribution in [0.1, 0.15) is 132 Å². The molecule has 1 radical (unpaired) electrons. The first kappa shape index (κ1) is 55.2. The van der Waals surface area contributed by atoms with Crippen molar-refractivity contribution in [3.05, 3.63) is 0 Å². The van der Waals surface area contributed by atoms with Gasteiger partial charge in [-0.1, -0.05) is 80.1 Å².